The zero-order valence-electron chi connectivity index (χ0n) is 36.2. The minimum atomic E-state index is -0.534. The summed E-state index contributed by atoms with van der Waals surface area (Å²) in [6.07, 6.45) is 53.0. The van der Waals surface area contributed by atoms with Crippen LogP contribution in [0.15, 0.2) is 36.5 Å². The number of carbonyl (C=O) groups excluding carboxylic acids is 2. The molecule has 0 aromatic heterocycles. The fourth-order valence-corrected chi connectivity index (χ4v) is 6.70. The molecule has 0 aliphatic heterocycles. The van der Waals surface area contributed by atoms with Crippen molar-refractivity contribution in [3.8, 4) is 0 Å². The SMILES string of the molecule is CC/C=C\C/C=C\C/C=C\CCCCCCCCOCC(COC(=O)CCCCCCCCCCCCCCCCC)OC(=O)CCCCCCCCC. The van der Waals surface area contributed by atoms with E-state index in [-0.39, 0.29) is 25.2 Å². The molecule has 0 spiro atoms. The first-order valence-electron chi connectivity index (χ1n) is 23.5. The lowest BCUT2D eigenvalue weighted by Crippen LogP contribution is -2.30. The van der Waals surface area contributed by atoms with E-state index in [1.807, 2.05) is 0 Å². The van der Waals surface area contributed by atoms with Crippen molar-refractivity contribution in [3.05, 3.63) is 36.5 Å². The zero-order chi connectivity index (χ0) is 39.3. The number of hydrogen-bond acceptors (Lipinski definition) is 5. The van der Waals surface area contributed by atoms with Crippen LogP contribution in [0.2, 0.25) is 0 Å². The van der Waals surface area contributed by atoms with Crippen LogP contribution < -0.4 is 0 Å². The van der Waals surface area contributed by atoms with Gasteiger partial charge in [0.25, 0.3) is 0 Å². The van der Waals surface area contributed by atoms with Gasteiger partial charge < -0.3 is 14.2 Å². The van der Waals surface area contributed by atoms with E-state index in [9.17, 15) is 9.59 Å². The third-order valence-corrected chi connectivity index (χ3v) is 10.2. The first-order chi connectivity index (χ1) is 26.6. The number of ether oxygens (including phenoxy) is 3. The normalized spacial score (nSPS) is 12.4. The number of hydrogen-bond donors (Lipinski definition) is 0. The lowest BCUT2D eigenvalue weighted by atomic mass is 10.0. The van der Waals surface area contributed by atoms with E-state index in [0.29, 0.717) is 19.4 Å². The summed E-state index contributed by atoms with van der Waals surface area (Å²) in [4.78, 5) is 25.1. The molecule has 0 saturated carbocycles. The molecule has 0 bridgehead atoms. The quantitative estimate of drug-likeness (QED) is 0.0352. The maximum Gasteiger partial charge on any atom is 0.306 e. The molecule has 0 radical (unpaired) electrons. The van der Waals surface area contributed by atoms with E-state index in [1.54, 1.807) is 0 Å². The number of allylic oxidation sites excluding steroid dienone is 6. The summed E-state index contributed by atoms with van der Waals surface area (Å²) >= 11 is 0. The highest BCUT2D eigenvalue weighted by molar-refractivity contribution is 5.70. The molecule has 54 heavy (non-hydrogen) atoms. The van der Waals surface area contributed by atoms with E-state index in [0.717, 1.165) is 64.2 Å². The van der Waals surface area contributed by atoms with E-state index in [4.69, 9.17) is 14.2 Å². The van der Waals surface area contributed by atoms with Crippen LogP contribution in [0.5, 0.6) is 0 Å². The van der Waals surface area contributed by atoms with Gasteiger partial charge in [0.05, 0.1) is 6.61 Å². The van der Waals surface area contributed by atoms with Crippen molar-refractivity contribution in [2.45, 2.75) is 245 Å². The number of carbonyl (C=O) groups is 2. The van der Waals surface area contributed by atoms with E-state index in [2.05, 4.69) is 57.2 Å². The molecule has 0 aromatic carbocycles. The lowest BCUT2D eigenvalue weighted by molar-refractivity contribution is -0.163. The molecule has 0 fully saturated rings. The molecular formula is C49H90O5. The predicted molar refractivity (Wildman–Crippen MR) is 233 cm³/mol. The molecule has 0 aliphatic carbocycles. The van der Waals surface area contributed by atoms with Crippen LogP contribution in [-0.2, 0) is 23.8 Å². The molecule has 0 aliphatic rings. The fourth-order valence-electron chi connectivity index (χ4n) is 6.70. The van der Waals surface area contributed by atoms with Gasteiger partial charge >= 0.3 is 11.9 Å². The maximum absolute atomic E-state index is 12.6. The molecule has 0 aromatic rings. The van der Waals surface area contributed by atoms with Gasteiger partial charge in [-0.2, -0.15) is 0 Å². The van der Waals surface area contributed by atoms with E-state index in [1.165, 1.54) is 141 Å². The minimum Gasteiger partial charge on any atom is -0.462 e. The Labute approximate surface area is 336 Å². The van der Waals surface area contributed by atoms with Crippen LogP contribution in [-0.4, -0.2) is 37.9 Å². The second kappa shape index (κ2) is 45.5. The average Bonchev–Trinajstić information content (AvgIpc) is 3.17. The molecule has 0 heterocycles. The van der Waals surface area contributed by atoms with Crippen molar-refractivity contribution in [3.63, 3.8) is 0 Å². The van der Waals surface area contributed by atoms with Crippen LogP contribution in [0, 0.1) is 0 Å². The molecule has 1 unspecified atom stereocenters. The summed E-state index contributed by atoms with van der Waals surface area (Å²) in [6.45, 7) is 7.68. The second-order valence-electron chi connectivity index (χ2n) is 15.6. The Balaban J connectivity index is 4.13. The van der Waals surface area contributed by atoms with Crippen LogP contribution in [0.25, 0.3) is 0 Å². The molecule has 5 heteroatoms. The Morgan fingerprint density at radius 1 is 0.426 bits per heavy atom. The van der Waals surface area contributed by atoms with Crippen LogP contribution in [0.4, 0.5) is 0 Å². The van der Waals surface area contributed by atoms with Crippen molar-refractivity contribution in [2.75, 3.05) is 19.8 Å². The Morgan fingerprint density at radius 3 is 1.33 bits per heavy atom. The first-order valence-corrected chi connectivity index (χ1v) is 23.5. The van der Waals surface area contributed by atoms with Crippen molar-refractivity contribution in [1.82, 2.24) is 0 Å². The second-order valence-corrected chi connectivity index (χ2v) is 15.6. The monoisotopic (exact) mass is 759 g/mol. The minimum absolute atomic E-state index is 0.0847. The van der Waals surface area contributed by atoms with Gasteiger partial charge in [-0.1, -0.05) is 211 Å². The maximum atomic E-state index is 12.6. The van der Waals surface area contributed by atoms with Crippen molar-refractivity contribution in [1.29, 1.82) is 0 Å². The number of unbranched alkanes of at least 4 members (excludes halogenated alkanes) is 26. The van der Waals surface area contributed by atoms with Gasteiger partial charge in [0.15, 0.2) is 6.10 Å². The third-order valence-electron chi connectivity index (χ3n) is 10.2. The summed E-state index contributed by atoms with van der Waals surface area (Å²) < 4.78 is 17.3. The third kappa shape index (κ3) is 42.9. The average molecular weight is 759 g/mol. The van der Waals surface area contributed by atoms with Crippen molar-refractivity contribution >= 4 is 11.9 Å². The smallest absolute Gasteiger partial charge is 0.306 e. The lowest BCUT2D eigenvalue weighted by Gasteiger charge is -2.18. The van der Waals surface area contributed by atoms with E-state index < -0.39 is 6.10 Å². The van der Waals surface area contributed by atoms with Crippen molar-refractivity contribution < 1.29 is 23.8 Å². The standard InChI is InChI=1S/C49H90O5/c1-4-7-10-13-16-18-20-22-24-26-28-30-32-35-38-41-44-52-45-47(54-49(51)43-40-37-33-15-12-9-6-3)46-53-48(50)42-39-36-34-31-29-27-25-23-21-19-17-14-11-8-5-2/h7,10,16,18,22,24,47H,4-6,8-9,11-15,17,19-21,23,25-46H2,1-3H3/b10-7-,18-16-,24-22-. The molecular weight excluding hydrogens is 669 g/mol. The zero-order valence-corrected chi connectivity index (χ0v) is 36.2. The molecule has 0 amide bonds. The predicted octanol–water partition coefficient (Wildman–Crippen LogP) is 15.4. The molecule has 1 atom stereocenters. The fraction of sp³-hybridized carbons (Fsp3) is 0.837. The summed E-state index contributed by atoms with van der Waals surface area (Å²) in [5, 5.41) is 0. The van der Waals surface area contributed by atoms with Crippen molar-refractivity contribution in [2.24, 2.45) is 0 Å². The highest BCUT2D eigenvalue weighted by Crippen LogP contribution is 2.15. The van der Waals surface area contributed by atoms with Gasteiger partial charge in [-0.15, -0.1) is 0 Å². The highest BCUT2D eigenvalue weighted by Gasteiger charge is 2.17. The topological polar surface area (TPSA) is 61.8 Å². The van der Waals surface area contributed by atoms with Crippen LogP contribution in [0.1, 0.15) is 239 Å². The van der Waals surface area contributed by atoms with Crippen LogP contribution >= 0.6 is 0 Å². The van der Waals surface area contributed by atoms with Crippen LogP contribution in [0.3, 0.4) is 0 Å². The Bertz CT molecular complexity index is 862. The summed E-state index contributed by atoms with van der Waals surface area (Å²) in [7, 11) is 0. The van der Waals surface area contributed by atoms with Gasteiger partial charge in [0, 0.05) is 19.4 Å². The summed E-state index contributed by atoms with van der Waals surface area (Å²) in [6, 6.07) is 0. The first kappa shape index (κ1) is 52.1. The summed E-state index contributed by atoms with van der Waals surface area (Å²) in [5.74, 6) is -0.401. The summed E-state index contributed by atoms with van der Waals surface area (Å²) in [5.41, 5.74) is 0. The van der Waals surface area contributed by atoms with Gasteiger partial charge in [-0.3, -0.25) is 9.59 Å². The van der Waals surface area contributed by atoms with Gasteiger partial charge in [-0.25, -0.2) is 0 Å². The molecule has 0 rings (SSSR count). The largest absolute Gasteiger partial charge is 0.462 e. The molecule has 5 nitrogen and oxygen atoms in total. The highest BCUT2D eigenvalue weighted by atomic mass is 16.6. The Morgan fingerprint density at radius 2 is 0.833 bits per heavy atom. The molecule has 316 valence electrons. The molecule has 0 N–H and O–H groups in total. The number of esters is 2. The Hall–Kier alpha value is -1.88. The van der Waals surface area contributed by atoms with Gasteiger partial charge in [0.1, 0.15) is 6.61 Å². The Kier molecular flexibility index (Phi) is 43.9. The number of rotatable bonds is 43. The van der Waals surface area contributed by atoms with Gasteiger partial charge in [-0.05, 0) is 51.4 Å². The van der Waals surface area contributed by atoms with E-state index >= 15 is 0 Å². The molecule has 0 saturated heterocycles. The van der Waals surface area contributed by atoms with Gasteiger partial charge in [0.2, 0.25) is 0 Å².